The van der Waals surface area contributed by atoms with Gasteiger partial charge in [-0.15, -0.1) is 11.3 Å². The van der Waals surface area contributed by atoms with Gasteiger partial charge in [-0.2, -0.15) is 0 Å². The molecule has 1 aromatic heterocycles. The summed E-state index contributed by atoms with van der Waals surface area (Å²) in [6.45, 7) is 7.98. The molecule has 0 aliphatic rings. The van der Waals surface area contributed by atoms with Gasteiger partial charge >= 0.3 is 0 Å². The van der Waals surface area contributed by atoms with Crippen molar-refractivity contribution in [3.05, 3.63) is 22.4 Å². The lowest BCUT2D eigenvalue weighted by atomic mass is 10.2. The van der Waals surface area contributed by atoms with Gasteiger partial charge in [0.05, 0.1) is 12.7 Å². The summed E-state index contributed by atoms with van der Waals surface area (Å²) in [5.41, 5.74) is 0. The standard InChI is InChI=1S/C13H23NO2S/c1-10(2)8-16-9-12(15)7-14-11(3)13-5-4-6-17-13/h4-6,10-12,14-15H,7-9H2,1-3H3/t11-,12?/m1/s1. The normalized spacial score (nSPS) is 15.1. The summed E-state index contributed by atoms with van der Waals surface area (Å²) in [6, 6.07) is 4.43. The third kappa shape index (κ3) is 6.17. The molecule has 0 aromatic carbocycles. The number of ether oxygens (including phenoxy) is 1. The van der Waals surface area contributed by atoms with Crippen LogP contribution in [0.15, 0.2) is 17.5 Å². The van der Waals surface area contributed by atoms with Crippen molar-refractivity contribution in [1.29, 1.82) is 0 Å². The maximum atomic E-state index is 9.72. The fourth-order valence-electron chi connectivity index (χ4n) is 1.45. The lowest BCUT2D eigenvalue weighted by Crippen LogP contribution is -2.32. The summed E-state index contributed by atoms with van der Waals surface area (Å²) >= 11 is 1.73. The molecular formula is C13H23NO2S. The number of hydrogen-bond donors (Lipinski definition) is 2. The molecule has 2 atom stereocenters. The minimum absolute atomic E-state index is 0.287. The summed E-state index contributed by atoms with van der Waals surface area (Å²) in [4.78, 5) is 1.29. The number of rotatable bonds is 8. The van der Waals surface area contributed by atoms with Gasteiger partial charge in [0.1, 0.15) is 0 Å². The number of aliphatic hydroxyl groups is 1. The maximum absolute atomic E-state index is 9.72. The Balaban J connectivity index is 2.13. The van der Waals surface area contributed by atoms with Gasteiger partial charge in [0.2, 0.25) is 0 Å². The highest BCUT2D eigenvalue weighted by Crippen LogP contribution is 2.17. The van der Waals surface area contributed by atoms with Crippen LogP contribution in [0.5, 0.6) is 0 Å². The summed E-state index contributed by atoms with van der Waals surface area (Å²) in [5.74, 6) is 0.514. The van der Waals surface area contributed by atoms with Crippen LogP contribution in [0.3, 0.4) is 0 Å². The number of nitrogens with one attached hydrogen (secondary N) is 1. The van der Waals surface area contributed by atoms with Crippen LogP contribution in [0, 0.1) is 5.92 Å². The molecule has 1 aromatic rings. The van der Waals surface area contributed by atoms with Crippen molar-refractivity contribution < 1.29 is 9.84 Å². The van der Waals surface area contributed by atoms with E-state index in [1.807, 2.05) is 6.07 Å². The zero-order chi connectivity index (χ0) is 12.7. The predicted molar refractivity (Wildman–Crippen MR) is 72.4 cm³/mol. The van der Waals surface area contributed by atoms with Crippen LogP contribution in [-0.2, 0) is 4.74 Å². The summed E-state index contributed by atoms with van der Waals surface area (Å²) in [7, 11) is 0. The summed E-state index contributed by atoms with van der Waals surface area (Å²) < 4.78 is 5.39. The molecule has 0 amide bonds. The van der Waals surface area contributed by atoms with Crippen molar-refractivity contribution in [3.63, 3.8) is 0 Å². The first-order valence-electron chi connectivity index (χ1n) is 6.12. The van der Waals surface area contributed by atoms with Crippen LogP contribution < -0.4 is 5.32 Å². The fraction of sp³-hybridized carbons (Fsp3) is 0.692. The lowest BCUT2D eigenvalue weighted by molar-refractivity contribution is 0.0252. The molecule has 0 spiro atoms. The highest BCUT2D eigenvalue weighted by molar-refractivity contribution is 7.10. The average molecular weight is 257 g/mol. The molecule has 3 nitrogen and oxygen atoms in total. The Labute approximate surface area is 108 Å². The van der Waals surface area contributed by atoms with Gasteiger partial charge in [-0.25, -0.2) is 0 Å². The Morgan fingerprint density at radius 1 is 1.35 bits per heavy atom. The highest BCUT2D eigenvalue weighted by Gasteiger charge is 2.09. The molecule has 0 aliphatic heterocycles. The predicted octanol–water partition coefficient (Wildman–Crippen LogP) is 2.43. The van der Waals surface area contributed by atoms with Gasteiger partial charge < -0.3 is 15.2 Å². The van der Waals surface area contributed by atoms with Crippen molar-refractivity contribution in [2.24, 2.45) is 5.92 Å². The third-order valence-electron chi connectivity index (χ3n) is 2.39. The Morgan fingerprint density at radius 2 is 2.12 bits per heavy atom. The van der Waals surface area contributed by atoms with Crippen molar-refractivity contribution in [2.75, 3.05) is 19.8 Å². The second kappa shape index (κ2) is 7.82. The van der Waals surface area contributed by atoms with E-state index in [0.717, 1.165) is 0 Å². The third-order valence-corrected chi connectivity index (χ3v) is 3.45. The van der Waals surface area contributed by atoms with Crippen LogP contribution in [0.4, 0.5) is 0 Å². The Morgan fingerprint density at radius 3 is 2.71 bits per heavy atom. The Hall–Kier alpha value is -0.420. The second-order valence-electron chi connectivity index (χ2n) is 4.73. The molecule has 0 bridgehead atoms. The van der Waals surface area contributed by atoms with E-state index < -0.39 is 6.10 Å². The van der Waals surface area contributed by atoms with Crippen LogP contribution in [0.1, 0.15) is 31.7 Å². The molecule has 0 saturated carbocycles. The van der Waals surface area contributed by atoms with Gasteiger partial charge in [0.25, 0.3) is 0 Å². The maximum Gasteiger partial charge on any atom is 0.0897 e. The molecule has 0 aliphatic carbocycles. The summed E-state index contributed by atoms with van der Waals surface area (Å²) in [5, 5.41) is 15.1. The number of hydrogen-bond acceptors (Lipinski definition) is 4. The first-order chi connectivity index (χ1) is 8.09. The average Bonchev–Trinajstić information content (AvgIpc) is 2.78. The molecular weight excluding hydrogens is 234 g/mol. The van der Waals surface area contributed by atoms with Gasteiger partial charge in [-0.3, -0.25) is 0 Å². The van der Waals surface area contributed by atoms with Crippen LogP contribution in [0.25, 0.3) is 0 Å². The Kier molecular flexibility index (Phi) is 6.73. The van der Waals surface area contributed by atoms with Crippen molar-refractivity contribution in [2.45, 2.75) is 32.9 Å². The lowest BCUT2D eigenvalue weighted by Gasteiger charge is -2.16. The second-order valence-corrected chi connectivity index (χ2v) is 5.71. The minimum Gasteiger partial charge on any atom is -0.389 e. The zero-order valence-corrected chi connectivity index (χ0v) is 11.7. The first-order valence-corrected chi connectivity index (χ1v) is 7.00. The molecule has 1 heterocycles. The van der Waals surface area contributed by atoms with E-state index in [2.05, 4.69) is 37.5 Å². The fourth-order valence-corrected chi connectivity index (χ4v) is 2.21. The molecule has 17 heavy (non-hydrogen) atoms. The molecule has 2 N–H and O–H groups in total. The van der Waals surface area contributed by atoms with E-state index in [9.17, 15) is 5.11 Å². The van der Waals surface area contributed by atoms with E-state index in [0.29, 0.717) is 25.7 Å². The van der Waals surface area contributed by atoms with E-state index in [1.54, 1.807) is 11.3 Å². The number of thiophene rings is 1. The molecule has 4 heteroatoms. The molecule has 0 saturated heterocycles. The quantitative estimate of drug-likeness (QED) is 0.751. The van der Waals surface area contributed by atoms with Gasteiger partial charge in [0, 0.05) is 24.1 Å². The van der Waals surface area contributed by atoms with Crippen LogP contribution in [-0.4, -0.2) is 31.0 Å². The highest BCUT2D eigenvalue weighted by atomic mass is 32.1. The van der Waals surface area contributed by atoms with E-state index in [1.165, 1.54) is 4.88 Å². The van der Waals surface area contributed by atoms with Crippen molar-refractivity contribution >= 4 is 11.3 Å². The van der Waals surface area contributed by atoms with E-state index in [4.69, 9.17) is 4.74 Å². The van der Waals surface area contributed by atoms with Crippen LogP contribution in [0.2, 0.25) is 0 Å². The zero-order valence-electron chi connectivity index (χ0n) is 10.8. The largest absolute Gasteiger partial charge is 0.389 e. The molecule has 0 radical (unpaired) electrons. The van der Waals surface area contributed by atoms with E-state index in [-0.39, 0.29) is 6.04 Å². The summed E-state index contributed by atoms with van der Waals surface area (Å²) in [6.07, 6.45) is -0.434. The molecule has 1 rings (SSSR count). The van der Waals surface area contributed by atoms with E-state index >= 15 is 0 Å². The van der Waals surface area contributed by atoms with Gasteiger partial charge in [0.15, 0.2) is 0 Å². The molecule has 0 fully saturated rings. The Bertz CT molecular complexity index is 288. The topological polar surface area (TPSA) is 41.5 Å². The SMILES string of the molecule is CC(C)COCC(O)CN[C@H](C)c1cccs1. The number of aliphatic hydroxyl groups excluding tert-OH is 1. The monoisotopic (exact) mass is 257 g/mol. The van der Waals surface area contributed by atoms with Gasteiger partial charge in [-0.05, 0) is 24.3 Å². The molecule has 1 unspecified atom stereocenters. The minimum atomic E-state index is -0.434. The van der Waals surface area contributed by atoms with Crippen molar-refractivity contribution in [1.82, 2.24) is 5.32 Å². The molecule has 98 valence electrons. The van der Waals surface area contributed by atoms with Crippen molar-refractivity contribution in [3.8, 4) is 0 Å². The first kappa shape index (κ1) is 14.6. The smallest absolute Gasteiger partial charge is 0.0897 e. The van der Waals surface area contributed by atoms with Crippen LogP contribution >= 0.6 is 11.3 Å². The van der Waals surface area contributed by atoms with Gasteiger partial charge in [-0.1, -0.05) is 19.9 Å².